The lowest BCUT2D eigenvalue weighted by Crippen LogP contribution is -2.46. The van der Waals surface area contributed by atoms with Gasteiger partial charge in [-0.25, -0.2) is 4.79 Å². The Hall–Kier alpha value is -2.64. The molecule has 0 amide bonds. The number of benzene rings is 2. The number of rotatable bonds is 6. The zero-order chi connectivity index (χ0) is 20.3. The van der Waals surface area contributed by atoms with Gasteiger partial charge in [-0.15, -0.1) is 0 Å². The minimum atomic E-state index is -0.384. The zero-order valence-corrected chi connectivity index (χ0v) is 17.3. The van der Waals surface area contributed by atoms with Gasteiger partial charge in [-0.05, 0) is 53.7 Å². The van der Waals surface area contributed by atoms with Crippen molar-refractivity contribution in [2.24, 2.45) is 0 Å². The van der Waals surface area contributed by atoms with Gasteiger partial charge >= 0.3 is 5.97 Å². The number of nitrogens with zero attached hydrogens (tertiary/aromatic N) is 1. The molecule has 2 aromatic rings. The van der Waals surface area contributed by atoms with Crippen LogP contribution in [0.4, 0.5) is 0 Å². The van der Waals surface area contributed by atoms with Crippen molar-refractivity contribution in [1.82, 2.24) is 10.2 Å². The Balaban J connectivity index is 2.00. The number of hydrogen-bond donors (Lipinski definition) is 1. The van der Waals surface area contributed by atoms with Crippen molar-refractivity contribution < 1.29 is 19.0 Å². The Morgan fingerprint density at radius 1 is 1.14 bits per heavy atom. The highest BCUT2D eigenvalue weighted by molar-refractivity contribution is 7.80. The first-order chi connectivity index (χ1) is 13.5. The van der Waals surface area contributed by atoms with Crippen molar-refractivity contribution in [3.05, 3.63) is 53.2 Å². The molecule has 6 nitrogen and oxygen atoms in total. The minimum absolute atomic E-state index is 0.199. The normalized spacial score (nSPS) is 16.9. The maximum Gasteiger partial charge on any atom is 0.338 e. The molecule has 0 unspecified atom stereocenters. The maximum absolute atomic E-state index is 12.8. The van der Waals surface area contributed by atoms with E-state index < -0.39 is 0 Å². The van der Waals surface area contributed by atoms with E-state index in [9.17, 15) is 4.79 Å². The number of ether oxygens (including phenoxy) is 3. The highest BCUT2D eigenvalue weighted by Crippen LogP contribution is 2.33. The Morgan fingerprint density at radius 2 is 1.86 bits per heavy atom. The number of hydrogen-bond acceptors (Lipinski definition) is 5. The number of methoxy groups -OCH3 is 2. The molecule has 0 bridgehead atoms. The van der Waals surface area contributed by atoms with Gasteiger partial charge in [-0.1, -0.05) is 18.2 Å². The smallest absolute Gasteiger partial charge is 0.338 e. The van der Waals surface area contributed by atoms with Crippen LogP contribution in [0.5, 0.6) is 5.75 Å². The van der Waals surface area contributed by atoms with Crippen LogP contribution in [-0.2, 0) is 14.3 Å². The van der Waals surface area contributed by atoms with Gasteiger partial charge in [0.05, 0.1) is 25.3 Å². The SMILES string of the molecule is COCCOC(=O)C1=C(C)N(C)C(=S)N[C@H]1c1ccc2cc(OC)ccc2c1. The number of nitrogens with one attached hydrogen (secondary N) is 1. The second-order valence-electron chi connectivity index (χ2n) is 6.54. The fraction of sp³-hybridized carbons (Fsp3) is 0.333. The molecule has 1 aliphatic rings. The van der Waals surface area contributed by atoms with Crippen LogP contribution in [0.25, 0.3) is 10.8 Å². The van der Waals surface area contributed by atoms with Crippen molar-refractivity contribution in [3.8, 4) is 5.75 Å². The van der Waals surface area contributed by atoms with E-state index in [0.717, 1.165) is 27.8 Å². The molecule has 0 spiro atoms. The monoisotopic (exact) mass is 400 g/mol. The summed E-state index contributed by atoms with van der Waals surface area (Å²) in [5, 5.41) is 5.93. The highest BCUT2D eigenvalue weighted by atomic mass is 32.1. The van der Waals surface area contributed by atoms with Crippen LogP contribution in [0.15, 0.2) is 47.7 Å². The summed E-state index contributed by atoms with van der Waals surface area (Å²) in [6.07, 6.45) is 0. The second kappa shape index (κ2) is 8.58. The van der Waals surface area contributed by atoms with E-state index in [1.165, 1.54) is 0 Å². The van der Waals surface area contributed by atoms with E-state index in [4.69, 9.17) is 26.4 Å². The van der Waals surface area contributed by atoms with Crippen LogP contribution in [0.1, 0.15) is 18.5 Å². The molecule has 3 rings (SSSR count). The molecule has 0 aliphatic carbocycles. The second-order valence-corrected chi connectivity index (χ2v) is 6.93. The number of allylic oxidation sites excluding steroid dienone is 1. The Morgan fingerprint density at radius 3 is 2.57 bits per heavy atom. The van der Waals surface area contributed by atoms with Crippen LogP contribution in [0, 0.1) is 0 Å². The molecule has 7 heteroatoms. The average molecular weight is 401 g/mol. The summed E-state index contributed by atoms with van der Waals surface area (Å²) in [7, 11) is 5.05. The molecule has 1 atom stereocenters. The van der Waals surface area contributed by atoms with Gasteiger partial charge < -0.3 is 24.4 Å². The Kier molecular flexibility index (Phi) is 6.16. The largest absolute Gasteiger partial charge is 0.497 e. The van der Waals surface area contributed by atoms with Crippen molar-refractivity contribution >= 4 is 34.1 Å². The lowest BCUT2D eigenvalue weighted by Gasteiger charge is -2.35. The van der Waals surface area contributed by atoms with E-state index in [-0.39, 0.29) is 18.6 Å². The van der Waals surface area contributed by atoms with E-state index in [1.807, 2.05) is 44.3 Å². The topological polar surface area (TPSA) is 60.0 Å². The van der Waals surface area contributed by atoms with E-state index >= 15 is 0 Å². The third-order valence-corrected chi connectivity index (χ3v) is 5.29. The molecule has 148 valence electrons. The molecular formula is C21H24N2O4S. The Bertz CT molecular complexity index is 941. The number of carbonyl (C=O) groups is 1. The zero-order valence-electron chi connectivity index (χ0n) is 16.4. The minimum Gasteiger partial charge on any atom is -0.497 e. The van der Waals surface area contributed by atoms with Gasteiger partial charge in [0.1, 0.15) is 12.4 Å². The molecule has 2 aromatic carbocycles. The number of carbonyl (C=O) groups excluding carboxylic acids is 1. The van der Waals surface area contributed by atoms with E-state index in [0.29, 0.717) is 17.3 Å². The number of thiocarbonyl (C=S) groups is 1. The van der Waals surface area contributed by atoms with Crippen molar-refractivity contribution in [2.45, 2.75) is 13.0 Å². The molecule has 0 saturated carbocycles. The summed E-state index contributed by atoms with van der Waals surface area (Å²) >= 11 is 5.45. The lowest BCUT2D eigenvalue weighted by molar-refractivity contribution is -0.140. The Labute approximate surface area is 170 Å². The quantitative estimate of drug-likeness (QED) is 0.454. The van der Waals surface area contributed by atoms with Gasteiger partial charge in [0.15, 0.2) is 5.11 Å². The standard InChI is InChI=1S/C21H24N2O4S/c1-13-18(20(24)27-10-9-25-3)19(22-21(28)23(13)2)16-6-5-15-12-17(26-4)8-7-14(15)11-16/h5-8,11-12,19H,9-10H2,1-4H3,(H,22,28)/t19-/m0/s1. The average Bonchev–Trinajstić information content (AvgIpc) is 2.71. The third-order valence-electron chi connectivity index (χ3n) is 4.90. The summed E-state index contributed by atoms with van der Waals surface area (Å²) < 4.78 is 15.7. The van der Waals surface area contributed by atoms with Gasteiger partial charge in [-0.2, -0.15) is 0 Å². The van der Waals surface area contributed by atoms with Crippen molar-refractivity contribution in [1.29, 1.82) is 0 Å². The van der Waals surface area contributed by atoms with Crippen LogP contribution in [0.3, 0.4) is 0 Å². The summed E-state index contributed by atoms with van der Waals surface area (Å²) in [5.74, 6) is 0.424. The van der Waals surface area contributed by atoms with E-state index in [2.05, 4.69) is 11.4 Å². The summed E-state index contributed by atoms with van der Waals surface area (Å²) in [4.78, 5) is 14.6. The fourth-order valence-corrected chi connectivity index (χ4v) is 3.45. The van der Waals surface area contributed by atoms with Gasteiger partial charge in [-0.3, -0.25) is 0 Å². The van der Waals surface area contributed by atoms with Gasteiger partial charge in [0.25, 0.3) is 0 Å². The van der Waals surface area contributed by atoms with Crippen LogP contribution >= 0.6 is 12.2 Å². The highest BCUT2D eigenvalue weighted by Gasteiger charge is 2.33. The molecule has 28 heavy (non-hydrogen) atoms. The van der Waals surface area contributed by atoms with Crippen molar-refractivity contribution in [2.75, 3.05) is 34.5 Å². The number of esters is 1. The molecular weight excluding hydrogens is 376 g/mol. The maximum atomic E-state index is 12.8. The van der Waals surface area contributed by atoms with Gasteiger partial charge in [0.2, 0.25) is 0 Å². The molecule has 0 saturated heterocycles. The molecule has 1 aliphatic heterocycles. The first-order valence-corrected chi connectivity index (χ1v) is 9.36. The summed E-state index contributed by atoms with van der Waals surface area (Å²) in [6.45, 7) is 2.42. The van der Waals surface area contributed by atoms with Crippen molar-refractivity contribution in [3.63, 3.8) is 0 Å². The van der Waals surface area contributed by atoms with Gasteiger partial charge in [0, 0.05) is 19.9 Å². The molecule has 1 heterocycles. The third kappa shape index (κ3) is 3.95. The predicted molar refractivity (Wildman–Crippen MR) is 112 cm³/mol. The summed E-state index contributed by atoms with van der Waals surface area (Å²) in [6, 6.07) is 11.6. The molecule has 1 N–H and O–H groups in total. The molecule has 0 radical (unpaired) electrons. The van der Waals surface area contributed by atoms with Crippen LogP contribution < -0.4 is 10.1 Å². The molecule has 0 aromatic heterocycles. The fourth-order valence-electron chi connectivity index (χ4n) is 3.19. The lowest BCUT2D eigenvalue weighted by atomic mass is 9.93. The number of fused-ring (bicyclic) bond motifs is 1. The first kappa shape index (κ1) is 20.1. The molecule has 0 fully saturated rings. The summed E-state index contributed by atoms with van der Waals surface area (Å²) in [5.41, 5.74) is 2.25. The van der Waals surface area contributed by atoms with Crippen LogP contribution in [0.2, 0.25) is 0 Å². The van der Waals surface area contributed by atoms with E-state index in [1.54, 1.807) is 19.1 Å². The first-order valence-electron chi connectivity index (χ1n) is 8.95. The predicted octanol–water partition coefficient (Wildman–Crippen LogP) is 3.17. The van der Waals surface area contributed by atoms with Crippen LogP contribution in [-0.4, -0.2) is 50.5 Å².